The Hall–Kier alpha value is -0.420. The number of carbonyl (C=O) groups excluding carboxylic acids is 1. The molecule has 9 heteroatoms. The number of hydrogen-bond donors (Lipinski definition) is 5. The Bertz CT molecular complexity index is 494. The van der Waals surface area contributed by atoms with Gasteiger partial charge in [0.05, 0.1) is 18.2 Å². The number of ether oxygens (including phenoxy) is 1. The first-order valence-electron chi connectivity index (χ1n) is 9.62. The van der Waals surface area contributed by atoms with Crippen LogP contribution in [0.3, 0.4) is 0 Å². The van der Waals surface area contributed by atoms with E-state index >= 15 is 0 Å². The second-order valence-electron chi connectivity index (χ2n) is 7.80. The first kappa shape index (κ1) is 22.9. The van der Waals surface area contributed by atoms with Crippen molar-refractivity contribution < 1.29 is 30.0 Å². The summed E-state index contributed by atoms with van der Waals surface area (Å²) in [5.41, 5.74) is -0.755. The highest BCUT2D eigenvalue weighted by molar-refractivity contribution is 7.99. The van der Waals surface area contributed by atoms with Crippen LogP contribution < -0.4 is 5.32 Å². The van der Waals surface area contributed by atoms with E-state index in [0.717, 1.165) is 25.8 Å². The van der Waals surface area contributed by atoms with Crippen molar-refractivity contribution in [1.82, 2.24) is 10.2 Å². The number of aliphatic hydroxyl groups excluding tert-OH is 4. The van der Waals surface area contributed by atoms with Crippen LogP contribution in [0.4, 0.5) is 0 Å². The molecule has 2 heterocycles. The number of likely N-dealkylation sites (N-methyl/N-ethyl adjacent to an activating group) is 1. The van der Waals surface area contributed by atoms with Crippen LogP contribution in [0.15, 0.2) is 0 Å². The van der Waals surface area contributed by atoms with Crippen molar-refractivity contribution in [2.24, 2.45) is 5.92 Å². The van der Waals surface area contributed by atoms with Crippen LogP contribution in [0.2, 0.25) is 0 Å². The standard InChI is InChI=1S/C18H34N2O6S/c1-5-6-10-7-11(20(3)8-10)17(25)19-12(9(2)21)16-14(23)13(22)15(24)18(26-16)27-4/h9-16,18,21-24H,5-8H2,1-4H3,(H,19,25)/t9-,10-,11+,12-,13?,14-,15-,16-,18-/m1/s1. The number of aliphatic hydroxyl groups is 4. The summed E-state index contributed by atoms with van der Waals surface area (Å²) in [5.74, 6) is 0.245. The number of carbonyl (C=O) groups is 1. The molecule has 1 amide bonds. The summed E-state index contributed by atoms with van der Waals surface area (Å²) in [6.45, 7) is 4.48. The molecule has 2 saturated heterocycles. The number of hydrogen-bond acceptors (Lipinski definition) is 8. The predicted octanol–water partition coefficient (Wildman–Crippen LogP) is -0.857. The summed E-state index contributed by atoms with van der Waals surface area (Å²) >= 11 is 1.20. The van der Waals surface area contributed by atoms with Gasteiger partial charge in [-0.15, -0.1) is 11.8 Å². The minimum absolute atomic E-state index is 0.223. The van der Waals surface area contributed by atoms with Gasteiger partial charge in [-0.3, -0.25) is 9.69 Å². The summed E-state index contributed by atoms with van der Waals surface area (Å²) in [4.78, 5) is 14.9. The molecule has 5 N–H and O–H groups in total. The molecule has 0 bridgehead atoms. The van der Waals surface area contributed by atoms with Crippen LogP contribution in [0, 0.1) is 5.92 Å². The fourth-order valence-corrected chi connectivity index (χ4v) is 4.81. The zero-order valence-electron chi connectivity index (χ0n) is 16.5. The number of amides is 1. The zero-order chi connectivity index (χ0) is 20.3. The third-order valence-electron chi connectivity index (χ3n) is 5.66. The van der Waals surface area contributed by atoms with Gasteiger partial charge in [0, 0.05) is 6.54 Å². The van der Waals surface area contributed by atoms with E-state index in [1.807, 2.05) is 11.9 Å². The van der Waals surface area contributed by atoms with Gasteiger partial charge in [0.1, 0.15) is 29.9 Å². The van der Waals surface area contributed by atoms with Crippen LogP contribution in [0.25, 0.3) is 0 Å². The van der Waals surface area contributed by atoms with Crippen molar-refractivity contribution >= 4 is 17.7 Å². The van der Waals surface area contributed by atoms with Crippen molar-refractivity contribution in [2.75, 3.05) is 19.8 Å². The highest BCUT2D eigenvalue weighted by atomic mass is 32.2. The van der Waals surface area contributed by atoms with E-state index in [-0.39, 0.29) is 11.9 Å². The van der Waals surface area contributed by atoms with E-state index < -0.39 is 42.0 Å². The Kier molecular flexibility index (Phi) is 8.35. The lowest BCUT2D eigenvalue weighted by Crippen LogP contribution is -2.65. The van der Waals surface area contributed by atoms with Gasteiger partial charge < -0.3 is 30.5 Å². The minimum atomic E-state index is -1.42. The quantitative estimate of drug-likeness (QED) is 0.370. The fraction of sp³-hybridized carbons (Fsp3) is 0.944. The van der Waals surface area contributed by atoms with Gasteiger partial charge in [0.2, 0.25) is 5.91 Å². The lowest BCUT2D eigenvalue weighted by atomic mass is 9.92. The number of likely N-dealkylation sites (tertiary alicyclic amines) is 1. The Labute approximate surface area is 165 Å². The minimum Gasteiger partial charge on any atom is -0.391 e. The first-order valence-corrected chi connectivity index (χ1v) is 10.9. The molecule has 8 nitrogen and oxygen atoms in total. The Morgan fingerprint density at radius 2 is 1.96 bits per heavy atom. The van der Waals surface area contributed by atoms with E-state index in [0.29, 0.717) is 5.92 Å². The summed E-state index contributed by atoms with van der Waals surface area (Å²) in [6, 6.07) is -1.20. The van der Waals surface area contributed by atoms with Crippen LogP contribution in [0.1, 0.15) is 33.1 Å². The third-order valence-corrected chi connectivity index (χ3v) is 6.51. The van der Waals surface area contributed by atoms with Crippen molar-refractivity contribution in [3.05, 3.63) is 0 Å². The Balaban J connectivity index is 2.09. The maximum atomic E-state index is 12.8. The number of rotatable bonds is 7. The molecule has 0 aromatic carbocycles. The molecule has 2 aliphatic heterocycles. The van der Waals surface area contributed by atoms with Gasteiger partial charge in [-0.1, -0.05) is 13.3 Å². The molecule has 2 fully saturated rings. The van der Waals surface area contributed by atoms with Crippen molar-refractivity contribution in [3.8, 4) is 0 Å². The van der Waals surface area contributed by atoms with Crippen LogP contribution in [-0.4, -0.2) is 99.1 Å². The Morgan fingerprint density at radius 3 is 2.52 bits per heavy atom. The second-order valence-corrected chi connectivity index (χ2v) is 8.73. The maximum absolute atomic E-state index is 12.8. The maximum Gasteiger partial charge on any atom is 0.237 e. The lowest BCUT2D eigenvalue weighted by Gasteiger charge is -2.44. The normalized spacial score (nSPS) is 39.9. The van der Waals surface area contributed by atoms with Gasteiger partial charge in [0.25, 0.3) is 0 Å². The molecule has 2 rings (SSSR count). The summed E-state index contributed by atoms with van der Waals surface area (Å²) < 4.78 is 5.72. The molecule has 0 aromatic rings. The van der Waals surface area contributed by atoms with Gasteiger partial charge in [0.15, 0.2) is 0 Å². The topological polar surface area (TPSA) is 122 Å². The average molecular weight is 407 g/mol. The number of nitrogens with zero attached hydrogens (tertiary/aromatic N) is 1. The molecular formula is C18H34N2O6S. The van der Waals surface area contributed by atoms with Gasteiger partial charge in [-0.05, 0) is 39.0 Å². The van der Waals surface area contributed by atoms with Crippen molar-refractivity contribution in [3.63, 3.8) is 0 Å². The van der Waals surface area contributed by atoms with Gasteiger partial charge in [-0.25, -0.2) is 0 Å². The molecule has 0 aromatic heterocycles. The van der Waals surface area contributed by atoms with Crippen LogP contribution >= 0.6 is 11.8 Å². The summed E-state index contributed by atoms with van der Waals surface area (Å²) in [5, 5.41) is 43.5. The number of thioether (sulfide) groups is 1. The van der Waals surface area contributed by atoms with E-state index in [1.54, 1.807) is 6.26 Å². The molecule has 2 aliphatic rings. The summed E-state index contributed by atoms with van der Waals surface area (Å²) in [6.07, 6.45) is -1.50. The first-order chi connectivity index (χ1) is 12.7. The molecular weight excluding hydrogens is 372 g/mol. The largest absolute Gasteiger partial charge is 0.391 e. The molecule has 1 unspecified atom stereocenters. The van der Waals surface area contributed by atoms with Crippen molar-refractivity contribution in [2.45, 2.75) is 81.1 Å². The van der Waals surface area contributed by atoms with E-state index in [9.17, 15) is 25.2 Å². The van der Waals surface area contributed by atoms with Gasteiger partial charge >= 0.3 is 0 Å². The molecule has 0 radical (unpaired) electrons. The van der Waals surface area contributed by atoms with Crippen LogP contribution in [-0.2, 0) is 9.53 Å². The molecule has 9 atom stereocenters. The smallest absolute Gasteiger partial charge is 0.237 e. The SMILES string of the molecule is CCC[C@@H]1C[C@@H](C(=O)N[C@@H]([C@H]2O[C@H](SC)[C@H](O)C(O)[C@H]2O)[C@@H](C)O)N(C)C1. The fourth-order valence-electron chi connectivity index (χ4n) is 4.13. The number of nitrogens with one attached hydrogen (secondary N) is 1. The highest BCUT2D eigenvalue weighted by Crippen LogP contribution is 2.30. The predicted molar refractivity (Wildman–Crippen MR) is 103 cm³/mol. The van der Waals surface area contributed by atoms with E-state index in [4.69, 9.17) is 4.74 Å². The monoisotopic (exact) mass is 406 g/mol. The zero-order valence-corrected chi connectivity index (χ0v) is 17.3. The highest BCUT2D eigenvalue weighted by Gasteiger charge is 2.48. The summed E-state index contributed by atoms with van der Waals surface area (Å²) in [7, 11) is 1.91. The van der Waals surface area contributed by atoms with Crippen LogP contribution in [0.5, 0.6) is 0 Å². The third kappa shape index (κ3) is 5.14. The molecule has 158 valence electrons. The van der Waals surface area contributed by atoms with Crippen molar-refractivity contribution in [1.29, 1.82) is 0 Å². The molecule has 27 heavy (non-hydrogen) atoms. The van der Waals surface area contributed by atoms with E-state index in [1.165, 1.54) is 18.7 Å². The molecule has 0 aliphatic carbocycles. The lowest BCUT2D eigenvalue weighted by molar-refractivity contribution is -0.211. The molecule has 0 spiro atoms. The second kappa shape index (κ2) is 9.87. The average Bonchev–Trinajstić information content (AvgIpc) is 2.99. The molecule has 0 saturated carbocycles. The van der Waals surface area contributed by atoms with E-state index in [2.05, 4.69) is 12.2 Å². The van der Waals surface area contributed by atoms with Gasteiger partial charge in [-0.2, -0.15) is 0 Å². The Morgan fingerprint density at radius 1 is 1.30 bits per heavy atom.